The van der Waals surface area contributed by atoms with Crippen molar-refractivity contribution >= 4 is 10.2 Å². The highest BCUT2D eigenvalue weighted by atomic mass is 32.2. The Bertz CT molecular complexity index is 415. The van der Waals surface area contributed by atoms with Crippen LogP contribution in [0.3, 0.4) is 0 Å². The monoisotopic (exact) mass is 306 g/mol. The van der Waals surface area contributed by atoms with Crippen LogP contribution >= 0.6 is 0 Å². The summed E-state index contributed by atoms with van der Waals surface area (Å²) in [7, 11) is -1.85. The molecule has 0 spiro atoms. The van der Waals surface area contributed by atoms with Crippen molar-refractivity contribution in [1.29, 1.82) is 0 Å². The number of methoxy groups -OCH3 is 1. The van der Waals surface area contributed by atoms with Gasteiger partial charge in [-0.05, 0) is 25.2 Å². The average Bonchev–Trinajstić information content (AvgIpc) is 2.47. The van der Waals surface area contributed by atoms with Crippen LogP contribution in [0.25, 0.3) is 0 Å². The Morgan fingerprint density at radius 3 is 2.65 bits per heavy atom. The molecule has 118 valence electrons. The fraction of sp³-hybridized carbons (Fsp3) is 1.00. The lowest BCUT2D eigenvalue weighted by Gasteiger charge is -2.41. The third-order valence-electron chi connectivity index (χ3n) is 4.56. The minimum absolute atomic E-state index is 0.0455. The molecule has 0 saturated carbocycles. The summed E-state index contributed by atoms with van der Waals surface area (Å²) >= 11 is 0. The van der Waals surface area contributed by atoms with Gasteiger partial charge in [0, 0.05) is 32.8 Å². The fourth-order valence-corrected chi connectivity index (χ4v) is 5.01. The van der Waals surface area contributed by atoms with E-state index >= 15 is 0 Å². The Labute approximate surface area is 121 Å². The molecule has 2 fully saturated rings. The third-order valence-corrected chi connectivity index (χ3v) is 6.62. The van der Waals surface area contributed by atoms with Crippen molar-refractivity contribution < 1.29 is 18.3 Å². The van der Waals surface area contributed by atoms with Gasteiger partial charge in [-0.25, -0.2) is 0 Å². The molecule has 0 aromatic carbocycles. The minimum Gasteiger partial charge on any atom is -0.395 e. The van der Waals surface area contributed by atoms with E-state index in [1.165, 1.54) is 8.61 Å². The van der Waals surface area contributed by atoms with Gasteiger partial charge >= 0.3 is 0 Å². The van der Waals surface area contributed by atoms with Gasteiger partial charge in [-0.1, -0.05) is 13.3 Å². The third kappa shape index (κ3) is 3.17. The second-order valence-electron chi connectivity index (χ2n) is 5.85. The fourth-order valence-electron chi connectivity index (χ4n) is 3.13. The lowest BCUT2D eigenvalue weighted by molar-refractivity contribution is 0.0155. The van der Waals surface area contributed by atoms with Crippen LogP contribution in [-0.4, -0.2) is 67.6 Å². The number of rotatable bonds is 4. The molecular formula is C13H26N2O4S. The Morgan fingerprint density at radius 1 is 1.25 bits per heavy atom. The summed E-state index contributed by atoms with van der Waals surface area (Å²) in [6, 6.07) is -0.269. The van der Waals surface area contributed by atoms with Crippen LogP contribution in [0.4, 0.5) is 0 Å². The van der Waals surface area contributed by atoms with Crippen LogP contribution in [0, 0.1) is 5.92 Å². The number of piperidine rings is 2. The van der Waals surface area contributed by atoms with Gasteiger partial charge in [-0.2, -0.15) is 17.0 Å². The zero-order chi connectivity index (χ0) is 14.8. The molecule has 2 aliphatic rings. The summed E-state index contributed by atoms with van der Waals surface area (Å²) in [5.41, 5.74) is 0. The number of aliphatic hydroxyl groups is 1. The Balaban J connectivity index is 2.13. The first kappa shape index (κ1) is 16.2. The maximum atomic E-state index is 12.8. The lowest BCUT2D eigenvalue weighted by Crippen LogP contribution is -2.55. The summed E-state index contributed by atoms with van der Waals surface area (Å²) in [5, 5.41) is 9.41. The van der Waals surface area contributed by atoms with Gasteiger partial charge in [-0.3, -0.25) is 0 Å². The highest BCUT2D eigenvalue weighted by Gasteiger charge is 2.39. The van der Waals surface area contributed by atoms with Crippen molar-refractivity contribution in [3.05, 3.63) is 0 Å². The van der Waals surface area contributed by atoms with E-state index in [0.29, 0.717) is 25.6 Å². The summed E-state index contributed by atoms with van der Waals surface area (Å²) in [5.74, 6) is 0.376. The molecular weight excluding hydrogens is 280 g/mol. The van der Waals surface area contributed by atoms with E-state index in [4.69, 9.17) is 4.74 Å². The van der Waals surface area contributed by atoms with Crippen molar-refractivity contribution in [2.45, 2.75) is 44.8 Å². The Kier molecular flexibility index (Phi) is 5.42. The molecule has 6 nitrogen and oxygen atoms in total. The van der Waals surface area contributed by atoms with E-state index in [2.05, 4.69) is 6.92 Å². The van der Waals surface area contributed by atoms with Crippen molar-refractivity contribution in [3.63, 3.8) is 0 Å². The largest absolute Gasteiger partial charge is 0.395 e. The molecule has 2 heterocycles. The molecule has 0 bridgehead atoms. The van der Waals surface area contributed by atoms with Crippen molar-refractivity contribution in [2.24, 2.45) is 5.92 Å². The second-order valence-corrected chi connectivity index (χ2v) is 7.73. The highest BCUT2D eigenvalue weighted by molar-refractivity contribution is 7.86. The summed E-state index contributed by atoms with van der Waals surface area (Å²) < 4.78 is 33.9. The zero-order valence-corrected chi connectivity index (χ0v) is 13.2. The number of aliphatic hydroxyl groups excluding tert-OH is 1. The molecule has 2 saturated heterocycles. The first-order valence-electron chi connectivity index (χ1n) is 7.41. The number of ether oxygens (including phenoxy) is 1. The molecule has 0 amide bonds. The summed E-state index contributed by atoms with van der Waals surface area (Å²) in [4.78, 5) is 0. The van der Waals surface area contributed by atoms with Gasteiger partial charge in [0.15, 0.2) is 0 Å². The molecule has 0 aromatic heterocycles. The first-order valence-corrected chi connectivity index (χ1v) is 8.81. The van der Waals surface area contributed by atoms with E-state index < -0.39 is 10.2 Å². The number of hydrogen-bond donors (Lipinski definition) is 1. The normalized spacial score (nSPS) is 34.2. The maximum Gasteiger partial charge on any atom is 0.282 e. The minimum atomic E-state index is -3.49. The van der Waals surface area contributed by atoms with E-state index in [1.807, 2.05) is 0 Å². The molecule has 2 aliphatic heterocycles. The van der Waals surface area contributed by atoms with Gasteiger partial charge < -0.3 is 9.84 Å². The summed E-state index contributed by atoms with van der Waals surface area (Å²) in [6.45, 7) is 3.46. The maximum absolute atomic E-state index is 12.8. The van der Waals surface area contributed by atoms with Crippen molar-refractivity contribution in [2.75, 3.05) is 33.4 Å². The van der Waals surface area contributed by atoms with E-state index in [1.54, 1.807) is 7.11 Å². The Hall–Kier alpha value is -0.210. The van der Waals surface area contributed by atoms with Crippen LogP contribution in [0.5, 0.6) is 0 Å². The standard InChI is InChI=1S/C13H26N2O4S/c1-11-6-8-14(9-13(11)19-2)20(17,18)15-7-4-3-5-12(15)10-16/h11-13,16H,3-10H2,1-2H3. The quantitative estimate of drug-likeness (QED) is 0.818. The molecule has 7 heteroatoms. The smallest absolute Gasteiger partial charge is 0.282 e. The Morgan fingerprint density at radius 2 is 2.00 bits per heavy atom. The van der Waals surface area contributed by atoms with E-state index in [0.717, 1.165) is 25.7 Å². The van der Waals surface area contributed by atoms with Crippen LogP contribution < -0.4 is 0 Å². The zero-order valence-electron chi connectivity index (χ0n) is 12.4. The van der Waals surface area contributed by atoms with Gasteiger partial charge in [0.05, 0.1) is 12.7 Å². The number of nitrogens with zero attached hydrogens (tertiary/aromatic N) is 2. The molecule has 3 unspecified atom stereocenters. The highest BCUT2D eigenvalue weighted by Crippen LogP contribution is 2.27. The van der Waals surface area contributed by atoms with Crippen LogP contribution in [0.15, 0.2) is 0 Å². The van der Waals surface area contributed by atoms with Gasteiger partial charge in [0.1, 0.15) is 0 Å². The van der Waals surface area contributed by atoms with Gasteiger partial charge in [0.25, 0.3) is 10.2 Å². The van der Waals surface area contributed by atoms with Crippen LogP contribution in [-0.2, 0) is 14.9 Å². The van der Waals surface area contributed by atoms with E-state index in [9.17, 15) is 13.5 Å². The lowest BCUT2D eigenvalue weighted by atomic mass is 9.97. The second kappa shape index (κ2) is 6.70. The van der Waals surface area contributed by atoms with Gasteiger partial charge in [0.2, 0.25) is 0 Å². The van der Waals surface area contributed by atoms with Crippen molar-refractivity contribution in [1.82, 2.24) is 8.61 Å². The molecule has 1 N–H and O–H groups in total. The van der Waals surface area contributed by atoms with Crippen LogP contribution in [0.1, 0.15) is 32.6 Å². The molecule has 3 atom stereocenters. The van der Waals surface area contributed by atoms with Crippen molar-refractivity contribution in [3.8, 4) is 0 Å². The van der Waals surface area contributed by atoms with Crippen LogP contribution in [0.2, 0.25) is 0 Å². The van der Waals surface area contributed by atoms with E-state index in [-0.39, 0.29) is 18.8 Å². The molecule has 20 heavy (non-hydrogen) atoms. The molecule has 0 radical (unpaired) electrons. The molecule has 0 aromatic rings. The summed E-state index contributed by atoms with van der Waals surface area (Å²) in [6.07, 6.45) is 3.36. The topological polar surface area (TPSA) is 70.1 Å². The first-order chi connectivity index (χ1) is 9.50. The predicted molar refractivity (Wildman–Crippen MR) is 76.5 cm³/mol. The average molecular weight is 306 g/mol. The molecule has 2 rings (SSSR count). The predicted octanol–water partition coefficient (Wildman–Crippen LogP) is 0.435. The van der Waals surface area contributed by atoms with Gasteiger partial charge in [-0.15, -0.1) is 0 Å². The number of hydrogen-bond acceptors (Lipinski definition) is 4. The SMILES string of the molecule is COC1CN(S(=O)(=O)N2CCCCC2CO)CCC1C. The molecule has 0 aliphatic carbocycles.